The molecule has 0 saturated carbocycles. The van der Waals surface area contributed by atoms with E-state index in [2.05, 4.69) is 58.6 Å². The summed E-state index contributed by atoms with van der Waals surface area (Å²) in [6, 6.07) is 4.25. The highest BCUT2D eigenvalue weighted by Crippen LogP contribution is 2.32. The van der Waals surface area contributed by atoms with Gasteiger partial charge in [-0.25, -0.2) is 0 Å². The number of nitrogens with one attached hydrogen (secondary N) is 1. The summed E-state index contributed by atoms with van der Waals surface area (Å²) < 4.78 is 1.78. The van der Waals surface area contributed by atoms with Crippen LogP contribution in [-0.4, -0.2) is 36.1 Å². The fourth-order valence-corrected chi connectivity index (χ4v) is 4.40. The number of carbonyl (C=O) groups excluding carboxylic acids is 1. The Morgan fingerprint density at radius 2 is 1.88 bits per heavy atom. The first-order valence-electron chi connectivity index (χ1n) is 8.08. The summed E-state index contributed by atoms with van der Waals surface area (Å²) in [5.41, 5.74) is 4.61. The number of nitrogens with zero attached hydrogens (tertiary/aromatic N) is 5. The van der Waals surface area contributed by atoms with Crippen LogP contribution in [0.2, 0.25) is 0 Å². The number of rotatable bonds is 5. The number of benzene rings is 1. The van der Waals surface area contributed by atoms with Gasteiger partial charge in [0.25, 0.3) is 0 Å². The van der Waals surface area contributed by atoms with Gasteiger partial charge < -0.3 is 4.57 Å². The molecule has 0 spiro atoms. The summed E-state index contributed by atoms with van der Waals surface area (Å²) >= 11 is 2.73. The Balaban J connectivity index is 1.72. The van der Waals surface area contributed by atoms with Gasteiger partial charge in [-0.2, -0.15) is 0 Å². The van der Waals surface area contributed by atoms with E-state index in [-0.39, 0.29) is 11.2 Å². The second kappa shape index (κ2) is 7.55. The molecule has 0 aliphatic carbocycles. The Morgan fingerprint density at radius 3 is 2.50 bits per heavy atom. The number of aryl methyl sites for hydroxylation is 4. The third-order valence-corrected chi connectivity index (χ3v) is 5.87. The number of hydrogen-bond acceptors (Lipinski definition) is 7. The van der Waals surface area contributed by atoms with Crippen molar-refractivity contribution < 1.29 is 4.79 Å². The van der Waals surface area contributed by atoms with Crippen molar-refractivity contribution in [2.24, 2.45) is 7.05 Å². The van der Waals surface area contributed by atoms with E-state index in [1.165, 1.54) is 28.7 Å². The lowest BCUT2D eigenvalue weighted by molar-refractivity contribution is -0.115. The lowest BCUT2D eigenvalue weighted by Crippen LogP contribution is -2.22. The van der Waals surface area contributed by atoms with Crippen LogP contribution in [0.3, 0.4) is 0 Å². The minimum atomic E-state index is -0.326. The maximum Gasteiger partial charge on any atom is 0.239 e. The van der Waals surface area contributed by atoms with Crippen LogP contribution in [0.15, 0.2) is 23.6 Å². The molecule has 0 fully saturated rings. The van der Waals surface area contributed by atoms with Crippen LogP contribution >= 0.6 is 23.1 Å². The van der Waals surface area contributed by atoms with Gasteiger partial charge in [0.1, 0.15) is 11.3 Å². The SMILES string of the molecule is Cc1cc(C)c(-c2nnc(NC(=O)C(C)Sc3nncn3C)s2)c(C)c1. The van der Waals surface area contributed by atoms with Crippen LogP contribution in [0.4, 0.5) is 5.13 Å². The van der Waals surface area contributed by atoms with Gasteiger partial charge in [0, 0.05) is 12.6 Å². The minimum Gasteiger partial charge on any atom is -0.312 e. The topological polar surface area (TPSA) is 85.6 Å². The van der Waals surface area contributed by atoms with Crippen molar-refractivity contribution in [3.63, 3.8) is 0 Å². The molecule has 7 nitrogen and oxygen atoms in total. The molecule has 0 aliphatic heterocycles. The molecule has 2 heterocycles. The third kappa shape index (κ3) is 3.94. The van der Waals surface area contributed by atoms with Gasteiger partial charge in [0.15, 0.2) is 5.16 Å². The molecule has 0 bridgehead atoms. The third-order valence-electron chi connectivity index (χ3n) is 3.87. The van der Waals surface area contributed by atoms with Crippen LogP contribution in [0.1, 0.15) is 23.6 Å². The first-order valence-corrected chi connectivity index (χ1v) is 9.78. The van der Waals surface area contributed by atoms with Crippen molar-refractivity contribution in [1.29, 1.82) is 0 Å². The largest absolute Gasteiger partial charge is 0.312 e. The normalized spacial score (nSPS) is 12.2. The molecule has 1 atom stereocenters. The van der Waals surface area contributed by atoms with Gasteiger partial charge >= 0.3 is 0 Å². The van der Waals surface area contributed by atoms with E-state index >= 15 is 0 Å². The molecule has 3 rings (SSSR count). The standard InChI is InChI=1S/C17H20N6OS2/c1-9-6-10(2)13(11(3)7-9)15-20-21-16(26-15)19-14(24)12(4)25-17-22-18-8-23(17)5/h6-8,12H,1-5H3,(H,19,21,24). The zero-order valence-corrected chi connectivity index (χ0v) is 16.9. The molecular formula is C17H20N6OS2. The summed E-state index contributed by atoms with van der Waals surface area (Å²) in [6.45, 7) is 8.03. The molecule has 2 aromatic heterocycles. The fraction of sp³-hybridized carbons (Fsp3) is 0.353. The maximum atomic E-state index is 12.4. The van der Waals surface area contributed by atoms with Crippen LogP contribution in [0, 0.1) is 20.8 Å². The van der Waals surface area contributed by atoms with Crippen LogP contribution in [-0.2, 0) is 11.8 Å². The highest BCUT2D eigenvalue weighted by Gasteiger charge is 2.19. The summed E-state index contributed by atoms with van der Waals surface area (Å²) in [5.74, 6) is -0.141. The molecule has 0 saturated heterocycles. The number of thioether (sulfide) groups is 1. The lowest BCUT2D eigenvalue weighted by Gasteiger charge is -2.09. The minimum absolute atomic E-state index is 0.141. The molecule has 1 N–H and O–H groups in total. The average Bonchev–Trinajstić information content (AvgIpc) is 3.16. The van der Waals surface area contributed by atoms with Gasteiger partial charge in [-0.3, -0.25) is 10.1 Å². The molecule has 0 aliphatic rings. The Labute approximate surface area is 160 Å². The molecule has 136 valence electrons. The Morgan fingerprint density at radius 1 is 1.19 bits per heavy atom. The molecule has 1 aromatic carbocycles. The number of anilines is 1. The molecule has 3 aromatic rings. The molecule has 0 radical (unpaired) electrons. The highest BCUT2D eigenvalue weighted by molar-refractivity contribution is 8.00. The van der Waals surface area contributed by atoms with Gasteiger partial charge in [-0.1, -0.05) is 40.8 Å². The van der Waals surface area contributed by atoms with E-state index in [1.54, 1.807) is 10.9 Å². The lowest BCUT2D eigenvalue weighted by atomic mass is 10.0. The van der Waals surface area contributed by atoms with E-state index in [0.29, 0.717) is 10.3 Å². The zero-order valence-electron chi connectivity index (χ0n) is 15.3. The van der Waals surface area contributed by atoms with Gasteiger partial charge in [-0.05, 0) is 38.8 Å². The van der Waals surface area contributed by atoms with E-state index in [9.17, 15) is 4.79 Å². The summed E-state index contributed by atoms with van der Waals surface area (Å²) in [6.07, 6.45) is 1.61. The summed E-state index contributed by atoms with van der Waals surface area (Å²) in [5, 5.41) is 20.7. The van der Waals surface area contributed by atoms with Crippen molar-refractivity contribution in [3.05, 3.63) is 35.2 Å². The first kappa shape index (κ1) is 18.5. The number of hydrogen-bond donors (Lipinski definition) is 1. The maximum absolute atomic E-state index is 12.4. The second-order valence-electron chi connectivity index (χ2n) is 6.16. The van der Waals surface area contributed by atoms with Crippen molar-refractivity contribution in [2.75, 3.05) is 5.32 Å². The van der Waals surface area contributed by atoms with Gasteiger partial charge in [0.05, 0.1) is 5.25 Å². The van der Waals surface area contributed by atoms with Crippen LogP contribution < -0.4 is 5.32 Å². The zero-order chi connectivity index (χ0) is 18.8. The molecular weight excluding hydrogens is 368 g/mol. The van der Waals surface area contributed by atoms with Gasteiger partial charge in [-0.15, -0.1) is 20.4 Å². The summed E-state index contributed by atoms with van der Waals surface area (Å²) in [4.78, 5) is 12.4. The number of aromatic nitrogens is 5. The van der Waals surface area contributed by atoms with Gasteiger partial charge in [0.2, 0.25) is 11.0 Å². The number of amides is 1. The number of carbonyl (C=O) groups is 1. The van der Waals surface area contributed by atoms with E-state index < -0.39 is 0 Å². The molecule has 1 amide bonds. The predicted octanol–water partition coefficient (Wildman–Crippen LogP) is 3.38. The predicted molar refractivity (Wildman–Crippen MR) is 105 cm³/mol. The van der Waals surface area contributed by atoms with Crippen molar-refractivity contribution in [2.45, 2.75) is 38.1 Å². The van der Waals surface area contributed by atoms with E-state index in [1.807, 2.05) is 14.0 Å². The first-order chi connectivity index (χ1) is 12.3. The fourth-order valence-electron chi connectivity index (χ4n) is 2.69. The monoisotopic (exact) mass is 388 g/mol. The molecule has 9 heteroatoms. The summed E-state index contributed by atoms with van der Waals surface area (Å²) in [7, 11) is 1.84. The van der Waals surface area contributed by atoms with Crippen LogP contribution in [0.5, 0.6) is 0 Å². The van der Waals surface area contributed by atoms with Crippen molar-refractivity contribution in [1.82, 2.24) is 25.0 Å². The van der Waals surface area contributed by atoms with E-state index in [0.717, 1.165) is 21.7 Å². The Kier molecular flexibility index (Phi) is 5.38. The van der Waals surface area contributed by atoms with Crippen molar-refractivity contribution in [3.8, 4) is 10.6 Å². The van der Waals surface area contributed by atoms with Crippen molar-refractivity contribution >= 4 is 34.1 Å². The Bertz CT molecular complexity index is 925. The Hall–Kier alpha value is -2.26. The average molecular weight is 389 g/mol. The second-order valence-corrected chi connectivity index (χ2v) is 8.45. The smallest absolute Gasteiger partial charge is 0.239 e. The van der Waals surface area contributed by atoms with Crippen LogP contribution in [0.25, 0.3) is 10.6 Å². The van der Waals surface area contributed by atoms with E-state index in [4.69, 9.17) is 0 Å². The highest BCUT2D eigenvalue weighted by atomic mass is 32.2. The molecule has 1 unspecified atom stereocenters. The quantitative estimate of drug-likeness (QED) is 0.675. The molecule has 26 heavy (non-hydrogen) atoms.